The number of carbonyl (C=O) groups excluding carboxylic acids is 2. The highest BCUT2D eigenvalue weighted by Gasteiger charge is 2.73. The molecule has 1 amide bonds. The highest BCUT2D eigenvalue weighted by atomic mass is 35.5. The highest BCUT2D eigenvalue weighted by Crippen LogP contribution is 2.54. The van der Waals surface area contributed by atoms with Crippen molar-refractivity contribution in [2.45, 2.75) is 30.6 Å². The van der Waals surface area contributed by atoms with Crippen LogP contribution in [0.4, 0.5) is 58.4 Å². The Kier molecular flexibility index (Phi) is 8.70. The number of hydrogen-bond acceptors (Lipinski definition) is 2. The normalized spacial score (nSPS) is 12.8. The van der Waals surface area contributed by atoms with E-state index in [1.54, 1.807) is 0 Å². The van der Waals surface area contributed by atoms with Crippen molar-refractivity contribution in [1.82, 2.24) is 0 Å². The Morgan fingerprint density at radius 1 is 0.762 bits per heavy atom. The fourth-order valence-electron chi connectivity index (χ4n) is 3.86. The predicted molar refractivity (Wildman–Crippen MR) is 125 cm³/mol. The lowest BCUT2D eigenvalue weighted by Gasteiger charge is -2.31. The number of halogens is 13. The molecular weight excluding hydrogens is 622 g/mol. The summed E-state index contributed by atoms with van der Waals surface area (Å²) in [5.74, 6) is -3.94. The van der Waals surface area contributed by atoms with Crippen LogP contribution in [0.3, 0.4) is 0 Å². The Bertz CT molecular complexity index is 1500. The third kappa shape index (κ3) is 6.20. The zero-order chi connectivity index (χ0) is 32.0. The summed E-state index contributed by atoms with van der Waals surface area (Å²) in [7, 11) is 1.06. The van der Waals surface area contributed by atoms with Gasteiger partial charge in [0.15, 0.2) is 5.78 Å². The van der Waals surface area contributed by atoms with Gasteiger partial charge in [0, 0.05) is 35.2 Å². The van der Waals surface area contributed by atoms with Crippen molar-refractivity contribution in [3.05, 3.63) is 99.1 Å². The minimum atomic E-state index is -6.74. The van der Waals surface area contributed by atoms with Crippen LogP contribution in [0.5, 0.6) is 0 Å². The van der Waals surface area contributed by atoms with E-state index in [2.05, 4.69) is 0 Å². The van der Waals surface area contributed by atoms with Crippen molar-refractivity contribution in [3.8, 4) is 0 Å². The van der Waals surface area contributed by atoms with Gasteiger partial charge in [-0.15, -0.1) is 0 Å². The van der Waals surface area contributed by atoms with Gasteiger partial charge in [-0.3, -0.25) is 9.59 Å². The number of alkyl halides is 10. The molecule has 0 unspecified atom stereocenters. The molecule has 0 aliphatic heterocycles. The van der Waals surface area contributed by atoms with Crippen molar-refractivity contribution >= 4 is 29.0 Å². The fraction of sp³-hybridized carbons (Fsp3) is 0.231. The van der Waals surface area contributed by atoms with E-state index in [4.69, 9.17) is 11.6 Å². The number of Topliss-reactive ketones (excluding diaryl/α,β-unsaturated/α-hetero) is 1. The molecule has 0 heterocycles. The maximum atomic E-state index is 14.5. The van der Waals surface area contributed by atoms with E-state index in [0.717, 1.165) is 43.4 Å². The molecule has 0 aliphatic rings. The van der Waals surface area contributed by atoms with Gasteiger partial charge in [-0.25, -0.2) is 13.2 Å². The summed E-state index contributed by atoms with van der Waals surface area (Å²) in [4.78, 5) is 26.2. The Morgan fingerprint density at radius 3 is 1.79 bits per heavy atom. The average Bonchev–Trinajstić information content (AvgIpc) is 2.87. The lowest BCUT2D eigenvalue weighted by atomic mass is 9.89. The number of nitrogens with zero attached hydrogens (tertiary/aromatic N) is 1. The number of anilines is 1. The number of ketones is 1. The molecule has 16 heteroatoms. The van der Waals surface area contributed by atoms with Gasteiger partial charge in [-0.1, -0.05) is 11.6 Å². The maximum absolute atomic E-state index is 14.5. The first-order valence-corrected chi connectivity index (χ1v) is 11.6. The second-order valence-corrected chi connectivity index (χ2v) is 9.18. The molecule has 3 aromatic carbocycles. The number of hydrogen-bond donors (Lipinski definition) is 0. The molecule has 3 aromatic rings. The summed E-state index contributed by atoms with van der Waals surface area (Å²) in [6.07, 6.45) is -20.6. The van der Waals surface area contributed by atoms with E-state index in [9.17, 15) is 62.3 Å². The molecule has 0 aliphatic carbocycles. The number of benzene rings is 3. The molecular formula is C26H14ClF12NO2. The van der Waals surface area contributed by atoms with Crippen LogP contribution in [0.25, 0.3) is 0 Å². The van der Waals surface area contributed by atoms with Gasteiger partial charge in [-0.2, -0.15) is 39.5 Å². The first-order chi connectivity index (χ1) is 19.1. The van der Waals surface area contributed by atoms with E-state index >= 15 is 0 Å². The second-order valence-electron chi connectivity index (χ2n) is 8.77. The summed E-state index contributed by atoms with van der Waals surface area (Å²) >= 11 is 5.61. The van der Waals surface area contributed by atoms with Crippen molar-refractivity contribution in [1.29, 1.82) is 0 Å². The summed E-state index contributed by atoms with van der Waals surface area (Å²) in [5, 5.41) is -1.44. The predicted octanol–water partition coefficient (Wildman–Crippen LogP) is 8.63. The van der Waals surface area contributed by atoms with Gasteiger partial charge in [0.05, 0.1) is 11.3 Å². The van der Waals surface area contributed by atoms with Crippen LogP contribution < -0.4 is 4.90 Å². The third-order valence-electron chi connectivity index (χ3n) is 6.04. The Labute approximate surface area is 233 Å². The molecule has 3 rings (SSSR count). The molecule has 0 bridgehead atoms. The van der Waals surface area contributed by atoms with Crippen LogP contribution in [0.2, 0.25) is 5.02 Å². The summed E-state index contributed by atoms with van der Waals surface area (Å²) in [6, 6.07) is 5.14. The molecule has 3 nitrogen and oxygen atoms in total. The van der Waals surface area contributed by atoms with Gasteiger partial charge in [0.2, 0.25) is 0 Å². The van der Waals surface area contributed by atoms with Crippen LogP contribution >= 0.6 is 11.6 Å². The maximum Gasteiger partial charge on any atom is 0.435 e. The van der Waals surface area contributed by atoms with Crippen LogP contribution in [0, 0.1) is 11.6 Å². The first-order valence-electron chi connectivity index (χ1n) is 11.2. The lowest BCUT2D eigenvalue weighted by Crippen LogP contribution is -2.50. The fourth-order valence-corrected chi connectivity index (χ4v) is 4.14. The third-order valence-corrected chi connectivity index (χ3v) is 6.38. The lowest BCUT2D eigenvalue weighted by molar-refractivity contribution is -0.348. The number of carbonyl (C=O) groups is 2. The molecule has 0 N–H and O–H groups in total. The van der Waals surface area contributed by atoms with Crippen LogP contribution in [-0.4, -0.2) is 31.1 Å². The van der Waals surface area contributed by atoms with Crippen LogP contribution in [-0.2, 0) is 18.3 Å². The zero-order valence-electron chi connectivity index (χ0n) is 20.6. The zero-order valence-corrected chi connectivity index (χ0v) is 21.3. The molecule has 0 radical (unpaired) electrons. The Balaban J connectivity index is 2.06. The quantitative estimate of drug-likeness (QED) is 0.201. The van der Waals surface area contributed by atoms with Crippen molar-refractivity contribution in [3.63, 3.8) is 0 Å². The minimum Gasteiger partial charge on any atom is -0.309 e. The molecule has 42 heavy (non-hydrogen) atoms. The molecule has 226 valence electrons. The number of rotatable bonds is 6. The molecule has 0 spiro atoms. The molecule has 0 atom stereocenters. The molecule has 0 saturated carbocycles. The van der Waals surface area contributed by atoms with Crippen LogP contribution in [0.15, 0.2) is 54.6 Å². The van der Waals surface area contributed by atoms with Gasteiger partial charge in [0.1, 0.15) is 11.6 Å². The van der Waals surface area contributed by atoms with E-state index in [-0.39, 0.29) is 11.6 Å². The minimum absolute atomic E-state index is 0.113. The van der Waals surface area contributed by atoms with E-state index in [1.807, 2.05) is 0 Å². The van der Waals surface area contributed by atoms with Crippen LogP contribution in [0.1, 0.15) is 37.4 Å². The Morgan fingerprint density at radius 2 is 1.29 bits per heavy atom. The summed E-state index contributed by atoms with van der Waals surface area (Å²) < 4.78 is 162. The van der Waals surface area contributed by atoms with E-state index in [1.165, 1.54) is 0 Å². The average molecular weight is 636 g/mol. The topological polar surface area (TPSA) is 37.4 Å². The molecule has 0 fully saturated rings. The van der Waals surface area contributed by atoms with E-state index < -0.39 is 93.0 Å². The van der Waals surface area contributed by atoms with Gasteiger partial charge in [-0.05, 0) is 60.2 Å². The monoisotopic (exact) mass is 635 g/mol. The van der Waals surface area contributed by atoms with E-state index in [0.29, 0.717) is 11.0 Å². The first kappa shape index (κ1) is 32.8. The molecule has 0 saturated heterocycles. The highest BCUT2D eigenvalue weighted by molar-refractivity contribution is 6.31. The largest absolute Gasteiger partial charge is 0.435 e. The van der Waals surface area contributed by atoms with Gasteiger partial charge < -0.3 is 4.90 Å². The second kappa shape index (κ2) is 11.2. The summed E-state index contributed by atoms with van der Waals surface area (Å²) in [6.45, 7) is 0. The van der Waals surface area contributed by atoms with Crippen molar-refractivity contribution < 1.29 is 62.3 Å². The smallest absolute Gasteiger partial charge is 0.309 e. The summed E-state index contributed by atoms with van der Waals surface area (Å²) in [5.41, 5.74) is -13.5. The van der Waals surface area contributed by atoms with Crippen molar-refractivity contribution in [2.24, 2.45) is 0 Å². The standard InChI is InChI=1S/C26H14ClF12NO2/c1-40(22(42)12-2-5-15(28)6-3-12)20-8-13(4-7-19(20)29)21(41)11-16-17(24(31,32)33)9-14(10-18(16)27)23(30,25(34,35)36)26(37,38)39/h2-10H,11H2,1H3. The Hall–Kier alpha value is -3.75. The number of amides is 1. The van der Waals surface area contributed by atoms with Crippen molar-refractivity contribution in [2.75, 3.05) is 11.9 Å². The molecule has 0 aromatic heterocycles. The van der Waals surface area contributed by atoms with Gasteiger partial charge >= 0.3 is 24.2 Å². The SMILES string of the molecule is CN(C(=O)c1ccc(F)cc1)c1cc(C(=O)Cc2c(Cl)cc(C(F)(C(F)(F)F)C(F)(F)F)cc2C(F)(F)F)ccc1F. The van der Waals surface area contributed by atoms with Gasteiger partial charge in [0.25, 0.3) is 5.91 Å².